The summed E-state index contributed by atoms with van der Waals surface area (Å²) in [7, 11) is 3.23. The first-order chi connectivity index (χ1) is 17.6. The molecule has 0 unspecified atom stereocenters. The van der Waals surface area contributed by atoms with E-state index in [-0.39, 0.29) is 23.9 Å². The van der Waals surface area contributed by atoms with Crippen molar-refractivity contribution >= 4 is 23.2 Å². The predicted molar refractivity (Wildman–Crippen MR) is 141 cm³/mol. The molecule has 5 rings (SSSR count). The molecule has 1 aliphatic carbocycles. The molecule has 0 bridgehead atoms. The minimum absolute atomic E-state index is 0.0446. The van der Waals surface area contributed by atoms with Crippen LogP contribution in [-0.4, -0.2) is 43.5 Å². The van der Waals surface area contributed by atoms with Crippen LogP contribution >= 0.6 is 11.3 Å². The minimum Gasteiger partial charge on any atom is -0.493 e. The number of fused-ring (bicyclic) bond motifs is 1. The summed E-state index contributed by atoms with van der Waals surface area (Å²) in [6.07, 6.45) is 4.88. The number of ether oxygens (including phenoxy) is 2. The summed E-state index contributed by atoms with van der Waals surface area (Å²) in [5.41, 5.74) is 2.52. The molecule has 3 aromatic rings. The third-order valence-electron chi connectivity index (χ3n) is 7.37. The molecule has 1 aromatic heterocycles. The van der Waals surface area contributed by atoms with Crippen LogP contribution in [0, 0.1) is 0 Å². The lowest BCUT2D eigenvalue weighted by Gasteiger charge is -2.44. The fourth-order valence-electron chi connectivity index (χ4n) is 5.66. The van der Waals surface area contributed by atoms with Crippen LogP contribution in [0.2, 0.25) is 0 Å². The lowest BCUT2D eigenvalue weighted by Crippen LogP contribution is -2.50. The molecule has 2 atom stereocenters. The Morgan fingerprint density at radius 2 is 1.81 bits per heavy atom. The van der Waals surface area contributed by atoms with Crippen molar-refractivity contribution in [3.05, 3.63) is 81.5 Å². The van der Waals surface area contributed by atoms with E-state index in [2.05, 4.69) is 11.4 Å². The van der Waals surface area contributed by atoms with Crippen molar-refractivity contribution in [2.24, 2.45) is 0 Å². The Morgan fingerprint density at radius 3 is 2.53 bits per heavy atom. The smallest absolute Gasteiger partial charge is 0.254 e. The SMILES string of the molecule is COc1ccc(CCNC(=O)[C@H]2c3ccccc3C(=O)N(C3CCCC3)[C@@H]2c2cccs2)cc1OC. The zero-order chi connectivity index (χ0) is 25.1. The van der Waals surface area contributed by atoms with Gasteiger partial charge < -0.3 is 19.7 Å². The number of benzene rings is 2. The largest absolute Gasteiger partial charge is 0.493 e. The maximum absolute atomic E-state index is 13.9. The molecule has 188 valence electrons. The van der Waals surface area contributed by atoms with E-state index in [1.54, 1.807) is 25.6 Å². The van der Waals surface area contributed by atoms with E-state index < -0.39 is 5.92 Å². The second-order valence-corrected chi connectivity index (χ2v) is 10.4. The molecule has 2 amide bonds. The number of nitrogens with zero attached hydrogens (tertiary/aromatic N) is 1. The number of hydrogen-bond donors (Lipinski definition) is 1. The number of nitrogens with one attached hydrogen (secondary N) is 1. The summed E-state index contributed by atoms with van der Waals surface area (Å²) in [5.74, 6) is 0.899. The van der Waals surface area contributed by atoms with Crippen LogP contribution in [0.25, 0.3) is 0 Å². The van der Waals surface area contributed by atoms with E-state index in [9.17, 15) is 9.59 Å². The van der Waals surface area contributed by atoms with Gasteiger partial charge in [0.1, 0.15) is 0 Å². The van der Waals surface area contributed by atoms with Gasteiger partial charge in [0.25, 0.3) is 5.91 Å². The Kier molecular flexibility index (Phi) is 7.28. The summed E-state index contributed by atoms with van der Waals surface area (Å²) in [5, 5.41) is 5.21. The molecule has 1 N–H and O–H groups in total. The van der Waals surface area contributed by atoms with Crippen molar-refractivity contribution in [2.45, 2.75) is 50.1 Å². The second kappa shape index (κ2) is 10.7. The molecule has 2 heterocycles. The van der Waals surface area contributed by atoms with Gasteiger partial charge in [-0.15, -0.1) is 11.3 Å². The molecule has 0 radical (unpaired) electrons. The Hall–Kier alpha value is -3.32. The standard InChI is InChI=1S/C29H32N2O4S/c1-34-23-14-13-19(18-24(23)35-2)15-16-30-28(32)26-21-10-5-6-11-22(21)29(33)31(20-8-3-4-9-20)27(26)25-12-7-17-36-25/h5-7,10-14,17-18,20,26-27H,3-4,8-9,15-16H2,1-2H3,(H,30,32)/t26-,27+/m0/s1. The first-order valence-corrected chi connectivity index (χ1v) is 13.4. The molecule has 2 aliphatic rings. The van der Waals surface area contributed by atoms with Crippen molar-refractivity contribution in [2.75, 3.05) is 20.8 Å². The quantitative estimate of drug-likeness (QED) is 0.449. The number of hydrogen-bond acceptors (Lipinski definition) is 5. The Morgan fingerprint density at radius 1 is 1.03 bits per heavy atom. The highest BCUT2D eigenvalue weighted by Gasteiger charge is 2.47. The van der Waals surface area contributed by atoms with Crippen LogP contribution in [0.5, 0.6) is 11.5 Å². The van der Waals surface area contributed by atoms with E-state index in [0.717, 1.165) is 41.7 Å². The fraction of sp³-hybridized carbons (Fsp3) is 0.379. The molecular formula is C29H32N2O4S. The summed E-state index contributed by atoms with van der Waals surface area (Å²) in [6, 6.07) is 17.4. The number of rotatable bonds is 8. The summed E-state index contributed by atoms with van der Waals surface area (Å²) < 4.78 is 10.7. The molecule has 1 fully saturated rings. The van der Waals surface area contributed by atoms with Crippen LogP contribution < -0.4 is 14.8 Å². The number of carbonyl (C=O) groups is 2. The highest BCUT2D eigenvalue weighted by atomic mass is 32.1. The van der Waals surface area contributed by atoms with E-state index in [0.29, 0.717) is 30.0 Å². The molecule has 6 nitrogen and oxygen atoms in total. The zero-order valence-electron chi connectivity index (χ0n) is 20.7. The maximum Gasteiger partial charge on any atom is 0.254 e. The average Bonchev–Trinajstić information content (AvgIpc) is 3.63. The molecular weight excluding hydrogens is 472 g/mol. The lowest BCUT2D eigenvalue weighted by molar-refractivity contribution is -0.124. The van der Waals surface area contributed by atoms with E-state index in [1.807, 2.05) is 58.8 Å². The van der Waals surface area contributed by atoms with Crippen LogP contribution in [-0.2, 0) is 11.2 Å². The first kappa shape index (κ1) is 24.4. The van der Waals surface area contributed by atoms with Gasteiger partial charge in [-0.2, -0.15) is 0 Å². The molecule has 36 heavy (non-hydrogen) atoms. The highest BCUT2D eigenvalue weighted by Crippen LogP contribution is 2.47. The van der Waals surface area contributed by atoms with Crippen LogP contribution in [0.15, 0.2) is 60.0 Å². The summed E-state index contributed by atoms with van der Waals surface area (Å²) in [6.45, 7) is 0.488. The van der Waals surface area contributed by atoms with Gasteiger partial charge in [0.15, 0.2) is 11.5 Å². The van der Waals surface area contributed by atoms with Crippen molar-refractivity contribution in [1.82, 2.24) is 10.2 Å². The Bertz CT molecular complexity index is 1220. The maximum atomic E-state index is 13.9. The van der Waals surface area contributed by atoms with E-state index >= 15 is 0 Å². The second-order valence-electron chi connectivity index (χ2n) is 9.41. The minimum atomic E-state index is -0.455. The van der Waals surface area contributed by atoms with Crippen molar-refractivity contribution < 1.29 is 19.1 Å². The fourth-order valence-corrected chi connectivity index (χ4v) is 6.52. The molecule has 0 saturated heterocycles. The van der Waals surface area contributed by atoms with Gasteiger partial charge in [-0.25, -0.2) is 0 Å². The summed E-state index contributed by atoms with van der Waals surface area (Å²) >= 11 is 1.62. The van der Waals surface area contributed by atoms with Gasteiger partial charge in [0.2, 0.25) is 5.91 Å². The van der Waals surface area contributed by atoms with Crippen LogP contribution in [0.4, 0.5) is 0 Å². The predicted octanol–water partition coefficient (Wildman–Crippen LogP) is 5.35. The molecule has 0 spiro atoms. The van der Waals surface area contributed by atoms with Gasteiger partial charge in [-0.1, -0.05) is 43.2 Å². The summed E-state index contributed by atoms with van der Waals surface area (Å²) in [4.78, 5) is 30.7. The first-order valence-electron chi connectivity index (χ1n) is 12.6. The number of amides is 2. The van der Waals surface area contributed by atoms with Crippen molar-refractivity contribution in [1.29, 1.82) is 0 Å². The third-order valence-corrected chi connectivity index (χ3v) is 8.32. The number of carbonyl (C=O) groups excluding carboxylic acids is 2. The Balaban J connectivity index is 1.43. The lowest BCUT2D eigenvalue weighted by atomic mass is 9.80. The highest BCUT2D eigenvalue weighted by molar-refractivity contribution is 7.10. The number of methoxy groups -OCH3 is 2. The van der Waals surface area contributed by atoms with Crippen molar-refractivity contribution in [3.63, 3.8) is 0 Å². The Labute approximate surface area is 216 Å². The molecule has 1 aliphatic heterocycles. The van der Waals surface area contributed by atoms with Gasteiger partial charge in [-0.3, -0.25) is 9.59 Å². The number of thiophene rings is 1. The van der Waals surface area contributed by atoms with Gasteiger partial charge in [-0.05, 0) is 60.0 Å². The topological polar surface area (TPSA) is 67.9 Å². The monoisotopic (exact) mass is 504 g/mol. The van der Waals surface area contributed by atoms with E-state index in [1.165, 1.54) is 0 Å². The van der Waals surface area contributed by atoms with Gasteiger partial charge >= 0.3 is 0 Å². The normalized spacial score (nSPS) is 19.7. The molecule has 1 saturated carbocycles. The third kappa shape index (κ3) is 4.60. The van der Waals surface area contributed by atoms with Crippen molar-refractivity contribution in [3.8, 4) is 11.5 Å². The average molecular weight is 505 g/mol. The zero-order valence-corrected chi connectivity index (χ0v) is 21.6. The molecule has 7 heteroatoms. The van der Waals surface area contributed by atoms with Gasteiger partial charge in [0.05, 0.1) is 26.2 Å². The van der Waals surface area contributed by atoms with Crippen LogP contribution in [0.3, 0.4) is 0 Å². The molecule has 2 aromatic carbocycles. The van der Waals surface area contributed by atoms with Gasteiger partial charge in [0, 0.05) is 23.0 Å². The van der Waals surface area contributed by atoms with E-state index in [4.69, 9.17) is 9.47 Å². The van der Waals surface area contributed by atoms with Crippen LogP contribution in [0.1, 0.15) is 64.0 Å².